The molecule has 1 aliphatic rings. The smallest absolute Gasteiger partial charge is 0.322 e. The molecule has 3 N–H and O–H groups in total. The molecule has 2 rings (SSSR count). The highest BCUT2D eigenvalue weighted by atomic mass is 32.2. The highest BCUT2D eigenvalue weighted by Gasteiger charge is 2.29. The van der Waals surface area contributed by atoms with Crippen molar-refractivity contribution in [2.75, 3.05) is 6.54 Å². The number of carbonyl (C=O) groups is 2. The molecule has 3 amide bonds. The van der Waals surface area contributed by atoms with Crippen molar-refractivity contribution in [1.82, 2.24) is 15.4 Å². The summed E-state index contributed by atoms with van der Waals surface area (Å²) in [5.41, 5.74) is 0.687. The quantitative estimate of drug-likeness (QED) is 0.627. The van der Waals surface area contributed by atoms with E-state index in [9.17, 15) is 18.0 Å². The Bertz CT molecular complexity index is 600. The second-order valence-corrected chi connectivity index (χ2v) is 6.25. The Morgan fingerprint density at radius 1 is 1.15 bits per heavy atom. The van der Waals surface area contributed by atoms with Gasteiger partial charge < -0.3 is 5.32 Å². The van der Waals surface area contributed by atoms with Gasteiger partial charge in [0.05, 0.1) is 5.75 Å². The van der Waals surface area contributed by atoms with Crippen LogP contribution in [0.2, 0.25) is 0 Å². The van der Waals surface area contributed by atoms with Gasteiger partial charge in [-0.25, -0.2) is 17.9 Å². The molecule has 7 nitrogen and oxygen atoms in total. The number of carbonyl (C=O) groups excluding carboxylic acids is 2. The predicted molar refractivity (Wildman–Crippen MR) is 72.1 cm³/mol. The Kier molecular flexibility index (Phi) is 4.35. The van der Waals surface area contributed by atoms with Gasteiger partial charge in [0.15, 0.2) is 0 Å². The molecular formula is C12H15N3O4S. The number of hydrogen-bond donors (Lipinski definition) is 3. The Morgan fingerprint density at radius 3 is 2.45 bits per heavy atom. The average Bonchev–Trinajstić information content (AvgIpc) is 2.68. The van der Waals surface area contributed by atoms with E-state index in [0.717, 1.165) is 0 Å². The molecule has 1 aromatic rings. The maximum Gasteiger partial charge on any atom is 0.322 e. The molecule has 20 heavy (non-hydrogen) atoms. The van der Waals surface area contributed by atoms with E-state index < -0.39 is 28.0 Å². The number of imide groups is 1. The summed E-state index contributed by atoms with van der Waals surface area (Å²) in [5, 5.41) is 4.49. The molecule has 1 atom stereocenters. The summed E-state index contributed by atoms with van der Waals surface area (Å²) in [5.74, 6) is -0.547. The lowest BCUT2D eigenvalue weighted by molar-refractivity contribution is -0.120. The number of rotatable bonds is 6. The van der Waals surface area contributed by atoms with Crippen LogP contribution in [0, 0.1) is 0 Å². The lowest BCUT2D eigenvalue weighted by atomic mass is 10.2. The van der Waals surface area contributed by atoms with Crippen molar-refractivity contribution in [2.45, 2.75) is 18.2 Å². The minimum absolute atomic E-state index is 0.0908. The van der Waals surface area contributed by atoms with E-state index in [4.69, 9.17) is 0 Å². The first-order valence-corrected chi connectivity index (χ1v) is 7.74. The van der Waals surface area contributed by atoms with E-state index in [2.05, 4.69) is 15.4 Å². The van der Waals surface area contributed by atoms with Crippen LogP contribution in [-0.4, -0.2) is 32.9 Å². The fourth-order valence-electron chi connectivity index (χ4n) is 1.87. The zero-order valence-electron chi connectivity index (χ0n) is 10.6. The number of hydrogen-bond acceptors (Lipinski definition) is 4. The van der Waals surface area contributed by atoms with E-state index in [0.29, 0.717) is 5.56 Å². The third kappa shape index (κ3) is 4.04. The van der Waals surface area contributed by atoms with E-state index in [1.54, 1.807) is 24.3 Å². The Morgan fingerprint density at radius 2 is 1.85 bits per heavy atom. The monoisotopic (exact) mass is 297 g/mol. The fraction of sp³-hybridized carbons (Fsp3) is 0.333. The maximum absolute atomic E-state index is 11.8. The van der Waals surface area contributed by atoms with Gasteiger partial charge in [0, 0.05) is 6.54 Å². The highest BCUT2D eigenvalue weighted by molar-refractivity contribution is 7.88. The number of benzene rings is 1. The number of amides is 3. The van der Waals surface area contributed by atoms with Gasteiger partial charge in [-0.15, -0.1) is 0 Å². The predicted octanol–water partition coefficient (Wildman–Crippen LogP) is -0.296. The van der Waals surface area contributed by atoms with Crippen LogP contribution in [0.3, 0.4) is 0 Å². The number of nitrogens with one attached hydrogen (secondary N) is 3. The van der Waals surface area contributed by atoms with Gasteiger partial charge >= 0.3 is 6.03 Å². The highest BCUT2D eigenvalue weighted by Crippen LogP contribution is 2.04. The van der Waals surface area contributed by atoms with Crippen LogP contribution in [0.25, 0.3) is 0 Å². The van der Waals surface area contributed by atoms with Crippen molar-refractivity contribution in [3.63, 3.8) is 0 Å². The standard InChI is InChI=1S/C12H15N3O4S/c16-11-10(14-12(17)15-11)6-7-13-20(18,19)8-9-4-2-1-3-5-9/h1-5,10,13H,6-8H2,(H2,14,15,16,17). The van der Waals surface area contributed by atoms with Gasteiger partial charge in [0.1, 0.15) is 6.04 Å². The van der Waals surface area contributed by atoms with Crippen LogP contribution < -0.4 is 15.4 Å². The van der Waals surface area contributed by atoms with Gasteiger partial charge in [-0.1, -0.05) is 30.3 Å². The van der Waals surface area contributed by atoms with Crippen LogP contribution in [-0.2, 0) is 20.6 Å². The van der Waals surface area contributed by atoms with Crippen LogP contribution in [0.1, 0.15) is 12.0 Å². The van der Waals surface area contributed by atoms with Crippen molar-refractivity contribution < 1.29 is 18.0 Å². The van der Waals surface area contributed by atoms with Crippen molar-refractivity contribution in [3.05, 3.63) is 35.9 Å². The van der Waals surface area contributed by atoms with E-state index in [-0.39, 0.29) is 18.7 Å². The van der Waals surface area contributed by atoms with Gasteiger partial charge in [-0.2, -0.15) is 0 Å². The number of sulfonamides is 1. The van der Waals surface area contributed by atoms with Crippen molar-refractivity contribution in [3.8, 4) is 0 Å². The molecule has 1 aliphatic heterocycles. The molecule has 1 fully saturated rings. The first kappa shape index (κ1) is 14.5. The molecule has 0 aromatic heterocycles. The molecule has 0 aliphatic carbocycles. The van der Waals surface area contributed by atoms with Crippen LogP contribution in [0.5, 0.6) is 0 Å². The van der Waals surface area contributed by atoms with Gasteiger partial charge in [0.2, 0.25) is 10.0 Å². The summed E-state index contributed by atoms with van der Waals surface area (Å²) in [4.78, 5) is 22.1. The molecule has 0 bridgehead atoms. The Balaban J connectivity index is 1.81. The van der Waals surface area contributed by atoms with E-state index >= 15 is 0 Å². The second-order valence-electron chi connectivity index (χ2n) is 4.44. The summed E-state index contributed by atoms with van der Waals surface area (Å²) in [6.45, 7) is 0.0908. The van der Waals surface area contributed by atoms with Gasteiger partial charge in [-0.3, -0.25) is 10.1 Å². The summed E-state index contributed by atoms with van der Waals surface area (Å²) < 4.78 is 26.1. The molecule has 1 heterocycles. The molecule has 0 radical (unpaired) electrons. The minimum Gasteiger partial charge on any atom is -0.326 e. The summed E-state index contributed by atoms with van der Waals surface area (Å²) in [6.07, 6.45) is 0.214. The third-order valence-corrected chi connectivity index (χ3v) is 4.17. The summed E-state index contributed by atoms with van der Waals surface area (Å²) >= 11 is 0. The molecule has 1 unspecified atom stereocenters. The molecule has 108 valence electrons. The maximum atomic E-state index is 11.8. The minimum atomic E-state index is -3.45. The first-order chi connectivity index (χ1) is 9.46. The SMILES string of the molecule is O=C1NC(=O)C(CCNS(=O)(=O)Cc2ccccc2)N1. The van der Waals surface area contributed by atoms with Crippen LogP contribution >= 0.6 is 0 Å². The van der Waals surface area contributed by atoms with Crippen molar-refractivity contribution in [2.24, 2.45) is 0 Å². The molecule has 1 aromatic carbocycles. The van der Waals surface area contributed by atoms with Crippen molar-refractivity contribution >= 4 is 22.0 Å². The molecule has 8 heteroatoms. The number of urea groups is 1. The molecular weight excluding hydrogens is 282 g/mol. The summed E-state index contributed by atoms with van der Waals surface area (Å²) in [6, 6.07) is 7.57. The summed E-state index contributed by atoms with van der Waals surface area (Å²) in [7, 11) is -3.45. The van der Waals surface area contributed by atoms with Crippen molar-refractivity contribution in [1.29, 1.82) is 0 Å². The third-order valence-electron chi connectivity index (χ3n) is 2.81. The fourth-order valence-corrected chi connectivity index (χ4v) is 3.03. The average molecular weight is 297 g/mol. The lowest BCUT2D eigenvalue weighted by Gasteiger charge is -2.09. The first-order valence-electron chi connectivity index (χ1n) is 6.09. The zero-order valence-corrected chi connectivity index (χ0v) is 11.4. The lowest BCUT2D eigenvalue weighted by Crippen LogP contribution is -2.35. The normalized spacial score (nSPS) is 18.7. The Hall–Kier alpha value is -1.93. The van der Waals surface area contributed by atoms with Gasteiger partial charge in [-0.05, 0) is 12.0 Å². The molecule has 1 saturated heterocycles. The largest absolute Gasteiger partial charge is 0.326 e. The van der Waals surface area contributed by atoms with Crippen LogP contribution in [0.15, 0.2) is 30.3 Å². The van der Waals surface area contributed by atoms with Gasteiger partial charge in [0.25, 0.3) is 5.91 Å². The van der Waals surface area contributed by atoms with E-state index in [1.165, 1.54) is 0 Å². The zero-order chi connectivity index (χ0) is 14.6. The second kappa shape index (κ2) is 6.02. The topological polar surface area (TPSA) is 104 Å². The molecule has 0 saturated carbocycles. The van der Waals surface area contributed by atoms with E-state index in [1.807, 2.05) is 6.07 Å². The van der Waals surface area contributed by atoms with Crippen LogP contribution in [0.4, 0.5) is 4.79 Å². The Labute approximate surface area is 116 Å². The molecule has 0 spiro atoms.